The Bertz CT molecular complexity index is 757. The molecular formula is C18H21ClN2OS. The molecule has 0 unspecified atom stereocenters. The third kappa shape index (κ3) is 3.65. The van der Waals surface area contributed by atoms with Crippen LogP contribution < -0.4 is 11.3 Å². The van der Waals surface area contributed by atoms with Crippen molar-refractivity contribution in [1.82, 2.24) is 4.98 Å². The number of thioether (sulfide) groups is 1. The molecule has 5 heteroatoms. The number of fused-ring (bicyclic) bond motifs is 1. The van der Waals surface area contributed by atoms with Crippen LogP contribution in [0.15, 0.2) is 34.1 Å². The second-order valence-corrected chi connectivity index (χ2v) is 7.33. The van der Waals surface area contributed by atoms with Crippen molar-refractivity contribution in [3.63, 3.8) is 0 Å². The minimum absolute atomic E-state index is 0.0200. The average molecular weight is 349 g/mol. The number of aryl methyl sites for hydroxylation is 1. The summed E-state index contributed by atoms with van der Waals surface area (Å²) in [4.78, 5) is 15.3. The summed E-state index contributed by atoms with van der Waals surface area (Å²) >= 11 is 7.92. The zero-order chi connectivity index (χ0) is 16.2. The van der Waals surface area contributed by atoms with E-state index in [0.717, 1.165) is 52.6 Å². The van der Waals surface area contributed by atoms with Crippen molar-refractivity contribution < 1.29 is 0 Å². The van der Waals surface area contributed by atoms with Gasteiger partial charge in [-0.25, -0.2) is 0 Å². The number of nitrogens with two attached hydrogens (primary N) is 1. The van der Waals surface area contributed by atoms with Gasteiger partial charge in [0.05, 0.1) is 5.03 Å². The first-order valence-electron chi connectivity index (χ1n) is 8.04. The lowest BCUT2D eigenvalue weighted by Gasteiger charge is -2.21. The predicted molar refractivity (Wildman–Crippen MR) is 97.5 cm³/mol. The number of nitrogens with one attached hydrogen (secondary N) is 1. The molecule has 0 bridgehead atoms. The van der Waals surface area contributed by atoms with Gasteiger partial charge in [0.25, 0.3) is 5.56 Å². The molecule has 23 heavy (non-hydrogen) atoms. The number of H-pyrrole nitrogens is 1. The van der Waals surface area contributed by atoms with E-state index in [2.05, 4.69) is 11.1 Å². The maximum absolute atomic E-state index is 12.3. The van der Waals surface area contributed by atoms with Crippen LogP contribution in [0.3, 0.4) is 0 Å². The summed E-state index contributed by atoms with van der Waals surface area (Å²) in [7, 11) is 0. The SMILES string of the molecule is NCc1c2c(c(SCCc3ccccc3Cl)[nH]c1=O)CCCC2. The van der Waals surface area contributed by atoms with Crippen molar-refractivity contribution in [2.45, 2.75) is 43.7 Å². The van der Waals surface area contributed by atoms with Gasteiger partial charge < -0.3 is 10.7 Å². The Morgan fingerprint density at radius 1 is 1.17 bits per heavy atom. The summed E-state index contributed by atoms with van der Waals surface area (Å²) in [6.07, 6.45) is 5.23. The van der Waals surface area contributed by atoms with Gasteiger partial charge in [-0.15, -0.1) is 11.8 Å². The second kappa shape index (κ2) is 7.56. The van der Waals surface area contributed by atoms with E-state index >= 15 is 0 Å². The van der Waals surface area contributed by atoms with Crippen LogP contribution in [0.1, 0.15) is 35.1 Å². The highest BCUT2D eigenvalue weighted by molar-refractivity contribution is 7.99. The average Bonchev–Trinajstić information content (AvgIpc) is 2.57. The molecule has 3 nitrogen and oxygen atoms in total. The number of halogens is 1. The third-order valence-corrected chi connectivity index (χ3v) is 5.80. The standard InChI is InChI=1S/C18H21ClN2OS/c19-16-8-4-1-5-12(16)9-10-23-18-14-7-3-2-6-13(14)15(11-20)17(22)21-18/h1,4-5,8H,2-3,6-7,9-11,20H2,(H,21,22). The molecule has 3 N–H and O–H groups in total. The van der Waals surface area contributed by atoms with E-state index in [1.54, 1.807) is 11.8 Å². The fraction of sp³-hybridized carbons (Fsp3) is 0.389. The van der Waals surface area contributed by atoms with Crippen LogP contribution in [0.4, 0.5) is 0 Å². The quantitative estimate of drug-likeness (QED) is 0.810. The lowest BCUT2D eigenvalue weighted by molar-refractivity contribution is 0.655. The van der Waals surface area contributed by atoms with Crippen molar-refractivity contribution in [3.8, 4) is 0 Å². The lowest BCUT2D eigenvalue weighted by Crippen LogP contribution is -2.23. The van der Waals surface area contributed by atoms with E-state index in [1.807, 2.05) is 18.2 Å². The van der Waals surface area contributed by atoms with Gasteiger partial charge in [0.2, 0.25) is 0 Å². The molecule has 1 heterocycles. The summed E-state index contributed by atoms with van der Waals surface area (Å²) in [6, 6.07) is 7.92. The van der Waals surface area contributed by atoms with Crippen molar-refractivity contribution in [1.29, 1.82) is 0 Å². The summed E-state index contributed by atoms with van der Waals surface area (Å²) < 4.78 is 0. The number of rotatable bonds is 5. The number of aromatic amines is 1. The molecule has 0 aliphatic heterocycles. The van der Waals surface area contributed by atoms with Gasteiger partial charge in [0, 0.05) is 22.9 Å². The zero-order valence-corrected chi connectivity index (χ0v) is 14.6. The van der Waals surface area contributed by atoms with Crippen molar-refractivity contribution >= 4 is 23.4 Å². The van der Waals surface area contributed by atoms with Crippen LogP contribution in [-0.4, -0.2) is 10.7 Å². The van der Waals surface area contributed by atoms with Crippen LogP contribution in [0, 0.1) is 0 Å². The van der Waals surface area contributed by atoms with Gasteiger partial charge in [-0.3, -0.25) is 4.79 Å². The summed E-state index contributed by atoms with van der Waals surface area (Å²) in [5.74, 6) is 0.897. The van der Waals surface area contributed by atoms with Crippen LogP contribution in [0.5, 0.6) is 0 Å². The normalized spacial score (nSPS) is 13.8. The van der Waals surface area contributed by atoms with Crippen molar-refractivity contribution in [3.05, 3.63) is 61.9 Å². The predicted octanol–water partition coefficient (Wildman–Crippen LogP) is 3.70. The largest absolute Gasteiger partial charge is 0.326 e. The van der Waals surface area contributed by atoms with Gasteiger partial charge in [-0.2, -0.15) is 0 Å². The first-order chi connectivity index (χ1) is 11.2. The Hall–Kier alpha value is -1.23. The third-order valence-electron chi connectivity index (χ3n) is 4.39. The van der Waals surface area contributed by atoms with E-state index in [1.165, 1.54) is 17.5 Å². The van der Waals surface area contributed by atoms with Gasteiger partial charge in [0.1, 0.15) is 0 Å². The number of aromatic nitrogens is 1. The van der Waals surface area contributed by atoms with E-state index < -0.39 is 0 Å². The van der Waals surface area contributed by atoms with Gasteiger partial charge >= 0.3 is 0 Å². The Morgan fingerprint density at radius 2 is 1.91 bits per heavy atom. The second-order valence-electron chi connectivity index (χ2n) is 5.82. The molecule has 1 aromatic carbocycles. The molecular weight excluding hydrogens is 328 g/mol. The molecule has 0 radical (unpaired) electrons. The van der Waals surface area contributed by atoms with E-state index in [4.69, 9.17) is 17.3 Å². The fourth-order valence-electron chi connectivity index (χ4n) is 3.18. The molecule has 0 saturated heterocycles. The number of pyridine rings is 1. The summed E-state index contributed by atoms with van der Waals surface area (Å²) in [5.41, 5.74) is 10.2. The van der Waals surface area contributed by atoms with Crippen LogP contribution in [0.2, 0.25) is 5.02 Å². The maximum Gasteiger partial charge on any atom is 0.253 e. The Labute approximate surface area is 145 Å². The van der Waals surface area contributed by atoms with Gasteiger partial charge in [-0.1, -0.05) is 29.8 Å². The molecule has 0 fully saturated rings. The lowest BCUT2D eigenvalue weighted by atomic mass is 9.90. The number of benzene rings is 1. The molecule has 1 aliphatic carbocycles. The molecule has 1 aromatic heterocycles. The Kier molecular flexibility index (Phi) is 5.46. The van der Waals surface area contributed by atoms with Crippen LogP contribution in [-0.2, 0) is 25.8 Å². The molecule has 0 saturated carbocycles. The van der Waals surface area contributed by atoms with Crippen LogP contribution in [0.25, 0.3) is 0 Å². The molecule has 0 amide bonds. The minimum atomic E-state index is -0.0200. The highest BCUT2D eigenvalue weighted by atomic mass is 35.5. The first kappa shape index (κ1) is 16.6. The monoisotopic (exact) mass is 348 g/mol. The smallest absolute Gasteiger partial charge is 0.253 e. The highest BCUT2D eigenvalue weighted by Crippen LogP contribution is 2.30. The molecule has 2 aromatic rings. The van der Waals surface area contributed by atoms with Gasteiger partial charge in [-0.05, 0) is 54.9 Å². The first-order valence-corrected chi connectivity index (χ1v) is 9.40. The van der Waals surface area contributed by atoms with E-state index in [0.29, 0.717) is 6.54 Å². The Balaban J connectivity index is 1.79. The highest BCUT2D eigenvalue weighted by Gasteiger charge is 2.19. The maximum atomic E-state index is 12.3. The number of hydrogen-bond acceptors (Lipinski definition) is 3. The van der Waals surface area contributed by atoms with Crippen molar-refractivity contribution in [2.75, 3.05) is 5.75 Å². The number of hydrogen-bond donors (Lipinski definition) is 2. The van der Waals surface area contributed by atoms with Crippen LogP contribution >= 0.6 is 23.4 Å². The fourth-order valence-corrected chi connectivity index (χ4v) is 4.50. The zero-order valence-electron chi connectivity index (χ0n) is 13.0. The summed E-state index contributed by atoms with van der Waals surface area (Å²) in [6.45, 7) is 0.322. The summed E-state index contributed by atoms with van der Waals surface area (Å²) in [5, 5.41) is 1.83. The molecule has 0 spiro atoms. The Morgan fingerprint density at radius 3 is 2.65 bits per heavy atom. The molecule has 122 valence electrons. The van der Waals surface area contributed by atoms with Gasteiger partial charge in [0.15, 0.2) is 0 Å². The topological polar surface area (TPSA) is 58.9 Å². The van der Waals surface area contributed by atoms with E-state index in [9.17, 15) is 4.79 Å². The molecule has 1 aliphatic rings. The van der Waals surface area contributed by atoms with E-state index in [-0.39, 0.29) is 5.56 Å². The van der Waals surface area contributed by atoms with Crippen molar-refractivity contribution in [2.24, 2.45) is 5.73 Å². The minimum Gasteiger partial charge on any atom is -0.326 e. The molecule has 0 atom stereocenters. The molecule has 3 rings (SSSR count).